The van der Waals surface area contributed by atoms with Crippen LogP contribution in [-0.2, 0) is 20.9 Å². The van der Waals surface area contributed by atoms with Gasteiger partial charge in [0.1, 0.15) is 11.5 Å². The van der Waals surface area contributed by atoms with Gasteiger partial charge in [0.2, 0.25) is 5.91 Å². The van der Waals surface area contributed by atoms with Crippen molar-refractivity contribution in [2.24, 2.45) is 5.92 Å². The number of allylic oxidation sites excluding steroid dienone is 1. The molecule has 0 fully saturated rings. The summed E-state index contributed by atoms with van der Waals surface area (Å²) < 4.78 is 16.4. The first-order valence-electron chi connectivity index (χ1n) is 11.3. The molecule has 0 bridgehead atoms. The summed E-state index contributed by atoms with van der Waals surface area (Å²) in [4.78, 5) is 38.6. The third-order valence-corrected chi connectivity index (χ3v) is 5.85. The van der Waals surface area contributed by atoms with Gasteiger partial charge in [-0.1, -0.05) is 26.0 Å². The molecule has 1 heterocycles. The Morgan fingerprint density at radius 3 is 2.23 bits per heavy atom. The molecule has 0 saturated carbocycles. The molecule has 2 aromatic carbocycles. The van der Waals surface area contributed by atoms with Crippen LogP contribution in [0.5, 0.6) is 11.5 Å². The number of rotatable bonds is 9. The van der Waals surface area contributed by atoms with Crippen molar-refractivity contribution in [1.82, 2.24) is 4.90 Å². The van der Waals surface area contributed by atoms with Crippen molar-refractivity contribution in [3.8, 4) is 11.5 Å². The van der Waals surface area contributed by atoms with Crippen LogP contribution in [0.3, 0.4) is 0 Å². The summed E-state index contributed by atoms with van der Waals surface area (Å²) in [6.45, 7) is 6.05. The Morgan fingerprint density at radius 2 is 1.71 bits per heavy atom. The molecule has 0 aliphatic carbocycles. The normalized spacial score (nSPS) is 15.9. The molecule has 35 heavy (non-hydrogen) atoms. The molecule has 186 valence electrons. The second kappa shape index (κ2) is 11.0. The van der Waals surface area contributed by atoms with E-state index in [4.69, 9.17) is 14.2 Å². The summed E-state index contributed by atoms with van der Waals surface area (Å²) in [5.41, 5.74) is 2.26. The lowest BCUT2D eigenvalue weighted by molar-refractivity contribution is -0.384. The van der Waals surface area contributed by atoms with Gasteiger partial charge in [-0.25, -0.2) is 4.79 Å². The minimum atomic E-state index is -0.542. The van der Waals surface area contributed by atoms with Gasteiger partial charge in [0.25, 0.3) is 5.69 Å². The van der Waals surface area contributed by atoms with Gasteiger partial charge in [0, 0.05) is 36.2 Å². The van der Waals surface area contributed by atoms with E-state index in [-0.39, 0.29) is 37.1 Å². The van der Waals surface area contributed by atoms with Crippen molar-refractivity contribution in [2.75, 3.05) is 20.8 Å². The number of hydrogen-bond acceptors (Lipinski definition) is 7. The van der Waals surface area contributed by atoms with Crippen LogP contribution in [0.1, 0.15) is 44.2 Å². The summed E-state index contributed by atoms with van der Waals surface area (Å²) in [6, 6.07) is 11.3. The van der Waals surface area contributed by atoms with Gasteiger partial charge in [0.05, 0.1) is 37.9 Å². The largest absolute Gasteiger partial charge is 0.497 e. The summed E-state index contributed by atoms with van der Waals surface area (Å²) in [5.74, 6) is 0.0495. The van der Waals surface area contributed by atoms with Crippen molar-refractivity contribution < 1.29 is 28.7 Å². The fourth-order valence-electron chi connectivity index (χ4n) is 4.01. The SMILES string of the molecule is COc1cc(OC)cc(C2CC(=O)N(Cc3ccc([N+](=O)[O-])cc3)C(C)=C2C(=O)OCC(C)C)c1. The Hall–Kier alpha value is -3.88. The maximum atomic E-state index is 13.3. The smallest absolute Gasteiger partial charge is 0.336 e. The molecule has 1 aliphatic heterocycles. The predicted octanol–water partition coefficient (Wildman–Crippen LogP) is 4.60. The van der Waals surface area contributed by atoms with E-state index in [2.05, 4.69) is 0 Å². The third kappa shape index (κ3) is 5.98. The van der Waals surface area contributed by atoms with E-state index in [0.717, 1.165) is 0 Å². The zero-order valence-electron chi connectivity index (χ0n) is 20.6. The fourth-order valence-corrected chi connectivity index (χ4v) is 4.01. The molecule has 3 rings (SSSR count). The van der Waals surface area contributed by atoms with Gasteiger partial charge in [0.15, 0.2) is 0 Å². The number of carbonyl (C=O) groups excluding carboxylic acids is 2. The van der Waals surface area contributed by atoms with Crippen molar-refractivity contribution in [3.05, 3.63) is 75.0 Å². The van der Waals surface area contributed by atoms with E-state index in [0.29, 0.717) is 33.9 Å². The van der Waals surface area contributed by atoms with E-state index in [9.17, 15) is 19.7 Å². The van der Waals surface area contributed by atoms with E-state index >= 15 is 0 Å². The summed E-state index contributed by atoms with van der Waals surface area (Å²) in [7, 11) is 3.07. The van der Waals surface area contributed by atoms with E-state index in [1.807, 2.05) is 13.8 Å². The molecule has 1 amide bonds. The highest BCUT2D eigenvalue weighted by molar-refractivity contribution is 5.96. The second-order valence-electron chi connectivity index (χ2n) is 8.80. The van der Waals surface area contributed by atoms with Crippen LogP contribution in [0, 0.1) is 16.0 Å². The van der Waals surface area contributed by atoms with Gasteiger partial charge in [-0.15, -0.1) is 0 Å². The standard InChI is InChI=1S/C26H30N2O7/c1-16(2)15-35-26(30)25-17(3)27(14-18-6-8-20(9-7-18)28(31)32)24(29)13-23(25)19-10-21(33-4)12-22(11-19)34-5/h6-12,16,23H,13-15H2,1-5H3. The van der Waals surface area contributed by atoms with Gasteiger partial charge in [-0.2, -0.15) is 0 Å². The fraction of sp³-hybridized carbons (Fsp3) is 0.385. The summed E-state index contributed by atoms with van der Waals surface area (Å²) in [6.07, 6.45) is 0.0484. The average Bonchev–Trinajstić information content (AvgIpc) is 2.84. The molecule has 0 saturated heterocycles. The minimum Gasteiger partial charge on any atom is -0.497 e. The molecule has 0 radical (unpaired) electrons. The van der Waals surface area contributed by atoms with Crippen molar-refractivity contribution in [2.45, 2.75) is 39.7 Å². The van der Waals surface area contributed by atoms with Crippen molar-refractivity contribution in [1.29, 1.82) is 0 Å². The van der Waals surface area contributed by atoms with Crippen LogP contribution < -0.4 is 9.47 Å². The number of nitro benzene ring substituents is 1. The molecule has 2 aromatic rings. The number of hydrogen-bond donors (Lipinski definition) is 0. The van der Waals surface area contributed by atoms with Crippen LogP contribution in [-0.4, -0.2) is 42.5 Å². The molecule has 0 N–H and O–H groups in total. The van der Waals surface area contributed by atoms with E-state index < -0.39 is 16.8 Å². The lowest BCUT2D eigenvalue weighted by atomic mass is 9.83. The van der Waals surface area contributed by atoms with Crippen molar-refractivity contribution >= 4 is 17.6 Å². The Balaban J connectivity index is 2.04. The van der Waals surface area contributed by atoms with Gasteiger partial charge >= 0.3 is 5.97 Å². The molecule has 0 aromatic heterocycles. The van der Waals surface area contributed by atoms with Crippen LogP contribution >= 0.6 is 0 Å². The lowest BCUT2D eigenvalue weighted by Gasteiger charge is -2.34. The second-order valence-corrected chi connectivity index (χ2v) is 8.80. The first-order valence-corrected chi connectivity index (χ1v) is 11.3. The van der Waals surface area contributed by atoms with Crippen LogP contribution in [0.25, 0.3) is 0 Å². The topological polar surface area (TPSA) is 108 Å². The van der Waals surface area contributed by atoms with Crippen LogP contribution in [0.15, 0.2) is 53.7 Å². The highest BCUT2D eigenvalue weighted by Gasteiger charge is 2.37. The van der Waals surface area contributed by atoms with Crippen molar-refractivity contribution in [3.63, 3.8) is 0 Å². The molecule has 0 spiro atoms. The van der Waals surface area contributed by atoms with Gasteiger partial charge in [-0.3, -0.25) is 14.9 Å². The number of nitro groups is 1. The number of methoxy groups -OCH3 is 2. The highest BCUT2D eigenvalue weighted by atomic mass is 16.6. The number of esters is 1. The van der Waals surface area contributed by atoms with Crippen LogP contribution in [0.2, 0.25) is 0 Å². The predicted molar refractivity (Wildman–Crippen MR) is 129 cm³/mol. The number of non-ortho nitro benzene ring substituents is 1. The number of benzene rings is 2. The highest BCUT2D eigenvalue weighted by Crippen LogP contribution is 2.40. The lowest BCUT2D eigenvalue weighted by Crippen LogP contribution is -2.38. The first-order chi connectivity index (χ1) is 16.6. The Labute approximate surface area is 204 Å². The first kappa shape index (κ1) is 25.7. The number of nitrogens with zero attached hydrogens (tertiary/aromatic N) is 2. The molecule has 9 heteroatoms. The molecule has 9 nitrogen and oxygen atoms in total. The van der Waals surface area contributed by atoms with Crippen LogP contribution in [0.4, 0.5) is 5.69 Å². The zero-order chi connectivity index (χ0) is 25.7. The minimum absolute atomic E-state index is 0.0315. The number of ether oxygens (including phenoxy) is 3. The molecular formula is C26H30N2O7. The zero-order valence-corrected chi connectivity index (χ0v) is 20.6. The number of carbonyl (C=O) groups is 2. The number of amides is 1. The Bertz CT molecular complexity index is 1120. The van der Waals surface area contributed by atoms with E-state index in [1.54, 1.807) is 37.3 Å². The Kier molecular flexibility index (Phi) is 8.11. The van der Waals surface area contributed by atoms with Gasteiger partial charge in [-0.05, 0) is 36.1 Å². The molecule has 1 aliphatic rings. The maximum absolute atomic E-state index is 13.3. The maximum Gasteiger partial charge on any atom is 0.336 e. The molecule has 1 unspecified atom stereocenters. The molecule has 1 atom stereocenters. The monoisotopic (exact) mass is 482 g/mol. The quantitative estimate of drug-likeness (QED) is 0.292. The molecular weight excluding hydrogens is 452 g/mol. The van der Waals surface area contributed by atoms with E-state index in [1.165, 1.54) is 31.3 Å². The van der Waals surface area contributed by atoms with Gasteiger partial charge < -0.3 is 19.1 Å². The summed E-state index contributed by atoms with van der Waals surface area (Å²) >= 11 is 0. The summed E-state index contributed by atoms with van der Waals surface area (Å²) in [5, 5.41) is 11.0. The Morgan fingerprint density at radius 1 is 1.11 bits per heavy atom. The average molecular weight is 483 g/mol. The third-order valence-electron chi connectivity index (χ3n) is 5.85.